The van der Waals surface area contributed by atoms with Gasteiger partial charge in [0.15, 0.2) is 5.82 Å². The molecule has 0 unspecified atom stereocenters. The van der Waals surface area contributed by atoms with Gasteiger partial charge >= 0.3 is 0 Å². The zero-order valence-corrected chi connectivity index (χ0v) is 10.3. The molecule has 0 atom stereocenters. The molecule has 72 valence electrons. The van der Waals surface area contributed by atoms with Crippen molar-refractivity contribution in [2.24, 2.45) is 0 Å². The van der Waals surface area contributed by atoms with Crippen molar-refractivity contribution in [1.29, 1.82) is 0 Å². The SMILES string of the molecule is Clc1ncc(Cl)c(-n2cnc(I)c2)n1. The Morgan fingerprint density at radius 1 is 1.29 bits per heavy atom. The van der Waals surface area contributed by atoms with Crippen LogP contribution >= 0.6 is 45.8 Å². The molecule has 0 spiro atoms. The summed E-state index contributed by atoms with van der Waals surface area (Å²) >= 11 is 13.7. The fourth-order valence-electron chi connectivity index (χ4n) is 0.933. The van der Waals surface area contributed by atoms with Crippen LogP contribution in [0.4, 0.5) is 0 Å². The smallest absolute Gasteiger partial charge is 0.224 e. The molecule has 0 saturated heterocycles. The van der Waals surface area contributed by atoms with Crippen LogP contribution in [-0.4, -0.2) is 19.5 Å². The second kappa shape index (κ2) is 4.00. The van der Waals surface area contributed by atoms with Gasteiger partial charge < -0.3 is 0 Å². The fraction of sp³-hybridized carbons (Fsp3) is 0. The maximum Gasteiger partial charge on any atom is 0.224 e. The van der Waals surface area contributed by atoms with Crippen LogP contribution in [0.3, 0.4) is 0 Å². The third-order valence-electron chi connectivity index (χ3n) is 1.49. The van der Waals surface area contributed by atoms with Crippen LogP contribution in [0.25, 0.3) is 5.82 Å². The van der Waals surface area contributed by atoms with Gasteiger partial charge in [0.2, 0.25) is 5.28 Å². The minimum atomic E-state index is 0.160. The molecule has 2 aromatic rings. The normalized spacial score (nSPS) is 10.5. The number of nitrogens with zero attached hydrogens (tertiary/aromatic N) is 4. The van der Waals surface area contributed by atoms with E-state index in [0.29, 0.717) is 10.8 Å². The number of rotatable bonds is 1. The van der Waals surface area contributed by atoms with Gasteiger partial charge in [0.05, 0.1) is 6.20 Å². The first kappa shape index (κ1) is 10.1. The Hall–Kier alpha value is -0.400. The highest BCUT2D eigenvalue weighted by atomic mass is 127. The molecular formula is C7H3Cl2IN4. The molecule has 2 heterocycles. The topological polar surface area (TPSA) is 43.6 Å². The first-order chi connectivity index (χ1) is 6.66. The second-order valence-corrected chi connectivity index (χ2v) is 4.26. The summed E-state index contributed by atoms with van der Waals surface area (Å²) in [5.41, 5.74) is 0. The van der Waals surface area contributed by atoms with E-state index < -0.39 is 0 Å². The Morgan fingerprint density at radius 2 is 2.07 bits per heavy atom. The molecule has 0 aromatic carbocycles. The molecule has 2 rings (SSSR count). The second-order valence-electron chi connectivity index (χ2n) is 2.41. The zero-order valence-electron chi connectivity index (χ0n) is 6.65. The van der Waals surface area contributed by atoms with Gasteiger partial charge in [0, 0.05) is 6.20 Å². The molecule has 14 heavy (non-hydrogen) atoms. The maximum absolute atomic E-state index is 5.91. The fourth-order valence-corrected chi connectivity index (χ4v) is 1.68. The van der Waals surface area contributed by atoms with Crippen molar-refractivity contribution in [2.75, 3.05) is 0 Å². The molecule has 0 saturated carbocycles. The summed E-state index contributed by atoms with van der Waals surface area (Å²) in [6.07, 6.45) is 4.87. The van der Waals surface area contributed by atoms with Gasteiger partial charge in [-0.2, -0.15) is 4.98 Å². The predicted molar refractivity (Wildman–Crippen MR) is 61.9 cm³/mol. The lowest BCUT2D eigenvalue weighted by Crippen LogP contribution is -1.97. The van der Waals surface area contributed by atoms with Gasteiger partial charge in [-0.1, -0.05) is 11.6 Å². The standard InChI is InChI=1S/C7H3Cl2IN4/c8-4-1-11-7(9)13-6(4)14-2-5(10)12-3-14/h1-3H. The molecule has 0 N–H and O–H groups in total. The summed E-state index contributed by atoms with van der Waals surface area (Å²) in [5.74, 6) is 0.530. The summed E-state index contributed by atoms with van der Waals surface area (Å²) in [5, 5.41) is 0.594. The zero-order chi connectivity index (χ0) is 10.1. The molecule has 0 aliphatic rings. The van der Waals surface area contributed by atoms with Gasteiger partial charge in [0.1, 0.15) is 15.1 Å². The number of aromatic nitrogens is 4. The van der Waals surface area contributed by atoms with E-state index in [0.717, 1.165) is 3.70 Å². The number of hydrogen-bond acceptors (Lipinski definition) is 3. The molecule has 7 heteroatoms. The average molecular weight is 341 g/mol. The predicted octanol–water partition coefficient (Wildman–Crippen LogP) is 2.57. The van der Waals surface area contributed by atoms with Crippen LogP contribution in [-0.2, 0) is 0 Å². The largest absolute Gasteiger partial charge is 0.288 e. The van der Waals surface area contributed by atoms with Crippen LogP contribution < -0.4 is 0 Å². The van der Waals surface area contributed by atoms with Crippen molar-refractivity contribution in [3.05, 3.63) is 32.7 Å². The van der Waals surface area contributed by atoms with E-state index in [4.69, 9.17) is 23.2 Å². The summed E-state index contributed by atoms with van der Waals surface area (Å²) in [4.78, 5) is 11.8. The Kier molecular flexibility index (Phi) is 2.89. The van der Waals surface area contributed by atoms with Crippen LogP contribution in [0, 0.1) is 3.70 Å². The summed E-state index contributed by atoms with van der Waals surface area (Å²) in [6, 6.07) is 0. The van der Waals surface area contributed by atoms with E-state index >= 15 is 0 Å². The number of imidazole rings is 1. The Bertz CT molecular complexity index is 470. The average Bonchev–Trinajstić information content (AvgIpc) is 2.56. The maximum atomic E-state index is 5.91. The van der Waals surface area contributed by atoms with E-state index in [9.17, 15) is 0 Å². The Balaban J connectivity index is 2.55. The molecule has 0 amide bonds. The van der Waals surface area contributed by atoms with Crippen molar-refractivity contribution < 1.29 is 0 Å². The molecular weight excluding hydrogens is 338 g/mol. The molecule has 0 bridgehead atoms. The van der Waals surface area contributed by atoms with Crippen LogP contribution in [0.1, 0.15) is 0 Å². The highest BCUT2D eigenvalue weighted by Crippen LogP contribution is 2.18. The minimum Gasteiger partial charge on any atom is -0.288 e. The van der Waals surface area contributed by atoms with Gasteiger partial charge in [-0.3, -0.25) is 4.57 Å². The Labute approximate surface area is 103 Å². The molecule has 0 radical (unpaired) electrons. The first-order valence-electron chi connectivity index (χ1n) is 3.55. The van der Waals surface area contributed by atoms with E-state index in [1.165, 1.54) is 6.20 Å². The highest BCUT2D eigenvalue weighted by Gasteiger charge is 2.06. The van der Waals surface area contributed by atoms with Crippen molar-refractivity contribution in [2.45, 2.75) is 0 Å². The van der Waals surface area contributed by atoms with E-state index in [1.807, 2.05) is 0 Å². The van der Waals surface area contributed by atoms with Crippen molar-refractivity contribution in [3.8, 4) is 5.82 Å². The molecule has 4 nitrogen and oxygen atoms in total. The summed E-state index contributed by atoms with van der Waals surface area (Å²) < 4.78 is 2.55. The van der Waals surface area contributed by atoms with E-state index in [-0.39, 0.29) is 5.28 Å². The van der Waals surface area contributed by atoms with E-state index in [2.05, 4.69) is 37.5 Å². The quantitative estimate of drug-likeness (QED) is 0.592. The van der Waals surface area contributed by atoms with Gasteiger partial charge in [-0.05, 0) is 34.2 Å². The molecule has 2 aromatic heterocycles. The summed E-state index contributed by atoms with van der Waals surface area (Å²) in [6.45, 7) is 0. The number of halogens is 3. The van der Waals surface area contributed by atoms with Gasteiger partial charge in [-0.25, -0.2) is 9.97 Å². The lowest BCUT2D eigenvalue weighted by atomic mass is 10.6. The molecule has 0 fully saturated rings. The van der Waals surface area contributed by atoms with Crippen molar-refractivity contribution in [3.63, 3.8) is 0 Å². The third-order valence-corrected chi connectivity index (χ3v) is 2.50. The monoisotopic (exact) mass is 340 g/mol. The van der Waals surface area contributed by atoms with Crippen molar-refractivity contribution >= 4 is 45.8 Å². The van der Waals surface area contributed by atoms with Crippen LogP contribution in [0.2, 0.25) is 10.3 Å². The van der Waals surface area contributed by atoms with Crippen LogP contribution in [0.15, 0.2) is 18.7 Å². The Morgan fingerprint density at radius 3 is 2.71 bits per heavy atom. The molecule has 0 aliphatic carbocycles. The highest BCUT2D eigenvalue weighted by molar-refractivity contribution is 14.1. The first-order valence-corrected chi connectivity index (χ1v) is 5.38. The summed E-state index contributed by atoms with van der Waals surface area (Å²) in [7, 11) is 0. The lowest BCUT2D eigenvalue weighted by Gasteiger charge is -2.02. The van der Waals surface area contributed by atoms with Crippen LogP contribution in [0.5, 0.6) is 0 Å². The van der Waals surface area contributed by atoms with Gasteiger partial charge in [0.25, 0.3) is 0 Å². The van der Waals surface area contributed by atoms with E-state index in [1.54, 1.807) is 17.1 Å². The van der Waals surface area contributed by atoms with Crippen molar-refractivity contribution in [1.82, 2.24) is 19.5 Å². The lowest BCUT2D eigenvalue weighted by molar-refractivity contribution is 0.971. The minimum absolute atomic E-state index is 0.160. The number of hydrogen-bond donors (Lipinski definition) is 0. The van der Waals surface area contributed by atoms with Gasteiger partial charge in [-0.15, -0.1) is 0 Å². The molecule has 0 aliphatic heterocycles. The third kappa shape index (κ3) is 1.99.